The molecular weight excluding hydrogens is 328 g/mol. The number of amides is 1. The highest BCUT2D eigenvalue weighted by atomic mass is 16.6. The second kappa shape index (κ2) is 7.72. The number of oxime groups is 1. The predicted octanol–water partition coefficient (Wildman–Crippen LogP) is 3.14. The first-order valence-corrected chi connectivity index (χ1v) is 8.93. The standard InChI is InChI=1S/C20H26N4O2/c1-13(2)24-12-17(15(4)22-24)20(25)21-11-18-14(3)19(26-23-18)10-16-8-6-5-7-9-16/h5-9,12-14,19H,10-11H2,1-4H3,(H,21,25)/i19D. The van der Waals surface area contributed by atoms with E-state index in [0.29, 0.717) is 23.4 Å². The third-order valence-electron chi connectivity index (χ3n) is 4.60. The summed E-state index contributed by atoms with van der Waals surface area (Å²) in [6.07, 6.45) is 1.05. The van der Waals surface area contributed by atoms with Gasteiger partial charge in [-0.25, -0.2) is 0 Å². The van der Waals surface area contributed by atoms with Gasteiger partial charge in [0.2, 0.25) is 0 Å². The zero-order valence-corrected chi connectivity index (χ0v) is 15.7. The Kier molecular flexibility index (Phi) is 5.00. The molecule has 6 heteroatoms. The molecule has 2 unspecified atom stereocenters. The second-order valence-corrected chi connectivity index (χ2v) is 6.91. The van der Waals surface area contributed by atoms with Crippen LogP contribution in [-0.2, 0) is 11.3 Å². The molecule has 138 valence electrons. The van der Waals surface area contributed by atoms with Crippen molar-refractivity contribution in [2.75, 3.05) is 6.54 Å². The number of carbonyl (C=O) groups excluding carboxylic acids is 1. The minimum absolute atomic E-state index is 0.194. The van der Waals surface area contributed by atoms with Crippen LogP contribution >= 0.6 is 0 Å². The Morgan fingerprint density at radius 3 is 2.77 bits per heavy atom. The first kappa shape index (κ1) is 16.8. The summed E-state index contributed by atoms with van der Waals surface area (Å²) in [6.45, 7) is 8.01. The summed E-state index contributed by atoms with van der Waals surface area (Å²) in [5, 5.41) is 11.3. The van der Waals surface area contributed by atoms with E-state index < -0.39 is 6.08 Å². The number of benzene rings is 1. The van der Waals surface area contributed by atoms with Crippen molar-refractivity contribution in [1.29, 1.82) is 0 Å². The molecule has 0 aliphatic carbocycles. The zero-order chi connectivity index (χ0) is 19.6. The van der Waals surface area contributed by atoms with Gasteiger partial charge >= 0.3 is 0 Å². The van der Waals surface area contributed by atoms with E-state index in [0.717, 1.165) is 5.56 Å². The Bertz CT molecular complexity index is 847. The number of rotatable bonds is 6. The number of hydrogen-bond donors (Lipinski definition) is 1. The fourth-order valence-corrected chi connectivity index (χ4v) is 2.86. The summed E-state index contributed by atoms with van der Waals surface area (Å²) in [4.78, 5) is 18.0. The normalized spacial score (nSPS) is 22.7. The van der Waals surface area contributed by atoms with Crippen molar-refractivity contribution in [2.45, 2.75) is 46.2 Å². The van der Waals surface area contributed by atoms with Gasteiger partial charge in [0.25, 0.3) is 5.91 Å². The average molecular weight is 355 g/mol. The van der Waals surface area contributed by atoms with E-state index in [2.05, 4.69) is 15.6 Å². The SMILES string of the molecule is [2H]C1(Cc2ccccc2)ON=C(CNC(=O)c2cn(C(C)C)nc2C)C1C. The lowest BCUT2D eigenvalue weighted by Gasteiger charge is -2.14. The van der Waals surface area contributed by atoms with Crippen molar-refractivity contribution in [2.24, 2.45) is 11.1 Å². The van der Waals surface area contributed by atoms with Crippen LogP contribution in [0.3, 0.4) is 0 Å². The van der Waals surface area contributed by atoms with E-state index in [-0.39, 0.29) is 24.4 Å². The molecular formula is C20H26N4O2. The lowest BCUT2D eigenvalue weighted by Crippen LogP contribution is -2.34. The molecule has 0 radical (unpaired) electrons. The van der Waals surface area contributed by atoms with Gasteiger partial charge in [-0.05, 0) is 26.3 Å². The predicted molar refractivity (Wildman–Crippen MR) is 101 cm³/mol. The number of hydrogen-bond acceptors (Lipinski definition) is 4. The Labute approximate surface area is 155 Å². The fraction of sp³-hybridized carbons (Fsp3) is 0.450. The topological polar surface area (TPSA) is 68.5 Å². The molecule has 0 bridgehead atoms. The van der Waals surface area contributed by atoms with Gasteiger partial charge in [0.1, 0.15) is 6.08 Å². The largest absolute Gasteiger partial charge is 0.391 e. The molecule has 1 aliphatic heterocycles. The summed E-state index contributed by atoms with van der Waals surface area (Å²) in [5.74, 6) is -0.419. The molecule has 1 aliphatic rings. The van der Waals surface area contributed by atoms with Crippen LogP contribution in [-0.4, -0.2) is 34.0 Å². The van der Waals surface area contributed by atoms with E-state index in [1.807, 2.05) is 58.0 Å². The average Bonchev–Trinajstić information content (AvgIpc) is 3.15. The van der Waals surface area contributed by atoms with Gasteiger partial charge in [0.15, 0.2) is 0 Å². The van der Waals surface area contributed by atoms with Gasteiger partial charge in [-0.3, -0.25) is 9.48 Å². The third kappa shape index (κ3) is 3.95. The fourth-order valence-electron chi connectivity index (χ4n) is 2.86. The molecule has 26 heavy (non-hydrogen) atoms. The van der Waals surface area contributed by atoms with E-state index >= 15 is 0 Å². The molecule has 2 heterocycles. The van der Waals surface area contributed by atoms with Crippen molar-refractivity contribution < 1.29 is 11.0 Å². The molecule has 0 fully saturated rings. The van der Waals surface area contributed by atoms with Crippen LogP contribution in [0.25, 0.3) is 0 Å². The maximum atomic E-state index is 12.5. The monoisotopic (exact) mass is 355 g/mol. The quantitative estimate of drug-likeness (QED) is 0.865. The lowest BCUT2D eigenvalue weighted by atomic mass is 9.94. The molecule has 2 aromatic rings. The van der Waals surface area contributed by atoms with Crippen molar-refractivity contribution >= 4 is 11.6 Å². The molecule has 0 saturated heterocycles. The molecule has 1 aromatic carbocycles. The van der Waals surface area contributed by atoms with Crippen LogP contribution in [0.2, 0.25) is 0 Å². The van der Waals surface area contributed by atoms with Crippen LogP contribution in [0, 0.1) is 12.8 Å². The maximum absolute atomic E-state index is 12.5. The van der Waals surface area contributed by atoms with Crippen molar-refractivity contribution in [3.63, 3.8) is 0 Å². The van der Waals surface area contributed by atoms with Crippen molar-refractivity contribution in [3.8, 4) is 0 Å². The van der Waals surface area contributed by atoms with Crippen LogP contribution in [0.15, 0.2) is 41.7 Å². The first-order chi connectivity index (χ1) is 12.8. The van der Waals surface area contributed by atoms with Crippen molar-refractivity contribution in [3.05, 3.63) is 53.3 Å². The highest BCUT2D eigenvalue weighted by Gasteiger charge is 2.30. The van der Waals surface area contributed by atoms with Gasteiger partial charge in [0, 0.05) is 24.6 Å². The van der Waals surface area contributed by atoms with E-state index in [9.17, 15) is 4.79 Å². The van der Waals surface area contributed by atoms with Gasteiger partial charge in [0.05, 0.1) is 24.9 Å². The molecule has 1 aromatic heterocycles. The molecule has 6 nitrogen and oxygen atoms in total. The summed E-state index contributed by atoms with van der Waals surface area (Å²) in [6, 6.07) is 9.97. The van der Waals surface area contributed by atoms with Gasteiger partial charge < -0.3 is 10.2 Å². The summed E-state index contributed by atoms with van der Waals surface area (Å²) in [5.41, 5.74) is 2.94. The Morgan fingerprint density at radius 1 is 1.38 bits per heavy atom. The van der Waals surface area contributed by atoms with E-state index in [1.54, 1.807) is 10.9 Å². The number of nitrogens with one attached hydrogen (secondary N) is 1. The smallest absolute Gasteiger partial charge is 0.255 e. The van der Waals surface area contributed by atoms with Crippen molar-refractivity contribution in [1.82, 2.24) is 15.1 Å². The Hall–Kier alpha value is -2.63. The Morgan fingerprint density at radius 2 is 2.12 bits per heavy atom. The van der Waals surface area contributed by atoms with Crippen LogP contribution in [0.1, 0.15) is 49.8 Å². The highest BCUT2D eigenvalue weighted by Crippen LogP contribution is 2.22. The highest BCUT2D eigenvalue weighted by molar-refractivity contribution is 5.99. The van der Waals surface area contributed by atoms with Crippen LogP contribution < -0.4 is 5.32 Å². The number of nitrogens with zero attached hydrogens (tertiary/aromatic N) is 3. The van der Waals surface area contributed by atoms with Crippen LogP contribution in [0.5, 0.6) is 0 Å². The first-order valence-electron chi connectivity index (χ1n) is 9.43. The molecule has 0 saturated carbocycles. The summed E-state index contributed by atoms with van der Waals surface area (Å²) >= 11 is 0. The number of carbonyl (C=O) groups is 1. The van der Waals surface area contributed by atoms with Gasteiger partial charge in [-0.2, -0.15) is 5.10 Å². The number of aryl methyl sites for hydroxylation is 1. The van der Waals surface area contributed by atoms with E-state index in [4.69, 9.17) is 6.21 Å². The summed E-state index contributed by atoms with van der Waals surface area (Å²) in [7, 11) is 0. The Balaban J connectivity index is 1.61. The van der Waals surface area contributed by atoms with Gasteiger partial charge in [-0.1, -0.05) is 42.4 Å². The summed E-state index contributed by atoms with van der Waals surface area (Å²) < 4.78 is 10.4. The lowest BCUT2D eigenvalue weighted by molar-refractivity contribution is 0.0660. The zero-order valence-electron chi connectivity index (χ0n) is 16.7. The minimum atomic E-state index is -1.15. The maximum Gasteiger partial charge on any atom is 0.255 e. The molecule has 1 N–H and O–H groups in total. The molecule has 1 amide bonds. The van der Waals surface area contributed by atoms with Gasteiger partial charge in [-0.15, -0.1) is 0 Å². The molecule has 3 rings (SSSR count). The second-order valence-electron chi connectivity index (χ2n) is 6.91. The van der Waals surface area contributed by atoms with E-state index in [1.165, 1.54) is 0 Å². The minimum Gasteiger partial charge on any atom is -0.391 e. The molecule has 0 spiro atoms. The number of aromatic nitrogens is 2. The third-order valence-corrected chi connectivity index (χ3v) is 4.60. The van der Waals surface area contributed by atoms with Crippen LogP contribution in [0.4, 0.5) is 0 Å². The molecule has 2 atom stereocenters.